The van der Waals surface area contributed by atoms with Crippen LogP contribution in [0.3, 0.4) is 0 Å². The molecule has 0 amide bonds. The number of piperidine rings is 1. The van der Waals surface area contributed by atoms with E-state index in [4.69, 9.17) is 4.74 Å². The standard InChI is InChI=1S/C21H30N4O3S/c1-24(2)20(17-7-9-18(28-3)10-8-17)16-23-21-12-11-19(15-22-21)29(26,27)25-13-5-4-6-14-25/h7-12,15,20H,4-6,13-14,16H2,1-3H3,(H,22,23). The lowest BCUT2D eigenvalue weighted by Crippen LogP contribution is -2.35. The minimum atomic E-state index is -3.45. The Balaban J connectivity index is 1.66. The summed E-state index contributed by atoms with van der Waals surface area (Å²) >= 11 is 0. The lowest BCUT2D eigenvalue weighted by Gasteiger charge is -2.26. The van der Waals surface area contributed by atoms with E-state index in [-0.39, 0.29) is 10.9 Å². The largest absolute Gasteiger partial charge is 0.497 e. The van der Waals surface area contributed by atoms with E-state index in [0.29, 0.717) is 25.5 Å². The maximum absolute atomic E-state index is 12.7. The number of ether oxygens (including phenoxy) is 1. The van der Waals surface area contributed by atoms with Crippen LogP contribution in [0.2, 0.25) is 0 Å². The van der Waals surface area contributed by atoms with Gasteiger partial charge in [0.2, 0.25) is 10.0 Å². The number of nitrogens with one attached hydrogen (secondary N) is 1. The van der Waals surface area contributed by atoms with Crippen molar-refractivity contribution in [3.05, 3.63) is 48.2 Å². The minimum absolute atomic E-state index is 0.138. The van der Waals surface area contributed by atoms with Gasteiger partial charge in [-0.2, -0.15) is 4.31 Å². The first-order chi connectivity index (χ1) is 13.9. The molecule has 0 bridgehead atoms. The topological polar surface area (TPSA) is 74.8 Å². The van der Waals surface area contributed by atoms with E-state index in [1.807, 2.05) is 38.4 Å². The number of benzene rings is 1. The molecule has 1 N–H and O–H groups in total. The van der Waals surface area contributed by atoms with E-state index in [1.54, 1.807) is 23.5 Å². The van der Waals surface area contributed by atoms with Crippen molar-refractivity contribution in [1.82, 2.24) is 14.2 Å². The van der Waals surface area contributed by atoms with Gasteiger partial charge in [-0.05, 0) is 56.8 Å². The van der Waals surface area contributed by atoms with E-state index >= 15 is 0 Å². The van der Waals surface area contributed by atoms with E-state index in [0.717, 1.165) is 30.6 Å². The molecule has 1 unspecified atom stereocenters. The molecule has 0 aliphatic carbocycles. The predicted molar refractivity (Wildman–Crippen MR) is 115 cm³/mol. The number of nitrogens with zero attached hydrogens (tertiary/aromatic N) is 3. The van der Waals surface area contributed by atoms with Crippen LogP contribution in [0.25, 0.3) is 0 Å². The van der Waals surface area contributed by atoms with Crippen LogP contribution < -0.4 is 10.1 Å². The summed E-state index contributed by atoms with van der Waals surface area (Å²) < 4.78 is 32.3. The van der Waals surface area contributed by atoms with E-state index < -0.39 is 10.0 Å². The molecule has 2 aromatic rings. The molecule has 1 aliphatic rings. The molecular formula is C21H30N4O3S. The molecule has 0 saturated carbocycles. The number of sulfonamides is 1. The normalized spacial score (nSPS) is 16.6. The summed E-state index contributed by atoms with van der Waals surface area (Å²) in [5.74, 6) is 1.48. The number of pyridine rings is 1. The molecule has 158 valence electrons. The lowest BCUT2D eigenvalue weighted by molar-refractivity contribution is 0.311. The molecule has 1 aromatic heterocycles. The molecule has 1 saturated heterocycles. The van der Waals surface area contributed by atoms with Crippen LogP contribution in [-0.2, 0) is 10.0 Å². The summed E-state index contributed by atoms with van der Waals surface area (Å²) in [6, 6.07) is 11.5. The number of rotatable bonds is 8. The highest BCUT2D eigenvalue weighted by Gasteiger charge is 2.26. The number of methoxy groups -OCH3 is 1. The number of likely N-dealkylation sites (N-methyl/N-ethyl adjacent to an activating group) is 1. The molecule has 1 aliphatic heterocycles. The Morgan fingerprint density at radius 1 is 1.10 bits per heavy atom. The molecule has 0 spiro atoms. The van der Waals surface area contributed by atoms with Gasteiger partial charge in [-0.3, -0.25) is 0 Å². The van der Waals surface area contributed by atoms with Gasteiger partial charge in [0, 0.05) is 25.8 Å². The van der Waals surface area contributed by atoms with Crippen molar-refractivity contribution in [1.29, 1.82) is 0 Å². The van der Waals surface area contributed by atoms with Crippen molar-refractivity contribution in [3.8, 4) is 5.75 Å². The second kappa shape index (κ2) is 9.56. The smallest absolute Gasteiger partial charge is 0.244 e. The van der Waals surface area contributed by atoms with Gasteiger partial charge in [-0.15, -0.1) is 0 Å². The number of anilines is 1. The fraction of sp³-hybridized carbons (Fsp3) is 0.476. The highest BCUT2D eigenvalue weighted by molar-refractivity contribution is 7.89. The second-order valence-electron chi connectivity index (χ2n) is 7.48. The molecule has 7 nitrogen and oxygen atoms in total. The van der Waals surface area contributed by atoms with Gasteiger partial charge in [-0.25, -0.2) is 13.4 Å². The van der Waals surface area contributed by atoms with Crippen LogP contribution in [0.1, 0.15) is 30.9 Å². The molecule has 29 heavy (non-hydrogen) atoms. The molecule has 3 rings (SSSR count). The Bertz CT molecular complexity index is 877. The zero-order valence-corrected chi connectivity index (χ0v) is 18.2. The summed E-state index contributed by atoms with van der Waals surface area (Å²) in [5.41, 5.74) is 1.16. The van der Waals surface area contributed by atoms with Crippen LogP contribution >= 0.6 is 0 Å². The van der Waals surface area contributed by atoms with Crippen molar-refractivity contribution >= 4 is 15.8 Å². The zero-order chi connectivity index (χ0) is 20.9. The maximum atomic E-state index is 12.7. The molecule has 1 atom stereocenters. The quantitative estimate of drug-likeness (QED) is 0.710. The van der Waals surface area contributed by atoms with Crippen molar-refractivity contribution in [2.45, 2.75) is 30.2 Å². The summed E-state index contributed by atoms with van der Waals surface area (Å²) in [7, 11) is 2.26. The molecule has 8 heteroatoms. The third-order valence-electron chi connectivity index (χ3n) is 5.29. The Hall–Kier alpha value is -2.16. The SMILES string of the molecule is COc1ccc(C(CNc2ccc(S(=O)(=O)N3CCCCC3)cn2)N(C)C)cc1. The predicted octanol–water partition coefficient (Wildman–Crippen LogP) is 2.98. The summed E-state index contributed by atoms with van der Waals surface area (Å²) in [6.07, 6.45) is 4.38. The second-order valence-corrected chi connectivity index (χ2v) is 9.42. The third-order valence-corrected chi connectivity index (χ3v) is 7.17. The number of aromatic nitrogens is 1. The Kier molecular flexibility index (Phi) is 7.10. The molecular weight excluding hydrogens is 388 g/mol. The van der Waals surface area contributed by atoms with Crippen LogP contribution in [0.15, 0.2) is 47.5 Å². The lowest BCUT2D eigenvalue weighted by atomic mass is 10.1. The van der Waals surface area contributed by atoms with Crippen molar-refractivity contribution in [3.63, 3.8) is 0 Å². The maximum Gasteiger partial charge on any atom is 0.244 e. The first-order valence-electron chi connectivity index (χ1n) is 9.92. The Labute approximate surface area is 173 Å². The van der Waals surface area contributed by atoms with Gasteiger partial charge in [0.15, 0.2) is 0 Å². The summed E-state index contributed by atoms with van der Waals surface area (Å²) in [6.45, 7) is 1.83. The van der Waals surface area contributed by atoms with Gasteiger partial charge >= 0.3 is 0 Å². The Morgan fingerprint density at radius 3 is 2.34 bits per heavy atom. The van der Waals surface area contributed by atoms with Crippen LogP contribution in [-0.4, -0.2) is 63.4 Å². The van der Waals surface area contributed by atoms with Crippen molar-refractivity contribution < 1.29 is 13.2 Å². The van der Waals surface area contributed by atoms with Gasteiger partial charge < -0.3 is 15.0 Å². The number of hydrogen-bond acceptors (Lipinski definition) is 6. The van der Waals surface area contributed by atoms with Gasteiger partial charge in [-0.1, -0.05) is 18.6 Å². The fourth-order valence-corrected chi connectivity index (χ4v) is 4.98. The molecule has 0 radical (unpaired) electrons. The van der Waals surface area contributed by atoms with Crippen LogP contribution in [0.4, 0.5) is 5.82 Å². The van der Waals surface area contributed by atoms with Gasteiger partial charge in [0.1, 0.15) is 16.5 Å². The fourth-order valence-electron chi connectivity index (χ4n) is 3.52. The van der Waals surface area contributed by atoms with Crippen molar-refractivity contribution in [2.75, 3.05) is 46.2 Å². The van der Waals surface area contributed by atoms with E-state index in [1.165, 1.54) is 6.20 Å². The van der Waals surface area contributed by atoms with Gasteiger partial charge in [0.25, 0.3) is 0 Å². The summed E-state index contributed by atoms with van der Waals surface area (Å²) in [5, 5.41) is 3.32. The average Bonchev–Trinajstić information content (AvgIpc) is 2.75. The monoisotopic (exact) mass is 418 g/mol. The van der Waals surface area contributed by atoms with Crippen LogP contribution in [0.5, 0.6) is 5.75 Å². The van der Waals surface area contributed by atoms with E-state index in [2.05, 4.69) is 15.2 Å². The van der Waals surface area contributed by atoms with Gasteiger partial charge in [0.05, 0.1) is 13.2 Å². The van der Waals surface area contributed by atoms with Crippen LogP contribution in [0, 0.1) is 0 Å². The van der Waals surface area contributed by atoms with E-state index in [9.17, 15) is 8.42 Å². The highest BCUT2D eigenvalue weighted by Crippen LogP contribution is 2.23. The first-order valence-corrected chi connectivity index (χ1v) is 11.4. The summed E-state index contributed by atoms with van der Waals surface area (Å²) in [4.78, 5) is 6.72. The van der Waals surface area contributed by atoms with Crippen molar-refractivity contribution in [2.24, 2.45) is 0 Å². The highest BCUT2D eigenvalue weighted by atomic mass is 32.2. The zero-order valence-electron chi connectivity index (χ0n) is 17.3. The average molecular weight is 419 g/mol. The Morgan fingerprint density at radius 2 is 1.79 bits per heavy atom. The molecule has 1 aromatic carbocycles. The molecule has 2 heterocycles. The minimum Gasteiger partial charge on any atom is -0.497 e. The first kappa shape index (κ1) is 21.5. The third kappa shape index (κ3) is 5.26. The number of hydrogen-bond donors (Lipinski definition) is 1. The molecule has 1 fully saturated rings.